The fourth-order valence-electron chi connectivity index (χ4n) is 1.36. The SMILES string of the molecule is CCC(C)NC(=O)CCNS(=O)(=O)c1cnc(C)[nH]1. The van der Waals surface area contributed by atoms with Crippen molar-refractivity contribution in [2.24, 2.45) is 0 Å². The van der Waals surface area contributed by atoms with Crippen LogP contribution in [0.5, 0.6) is 0 Å². The van der Waals surface area contributed by atoms with Gasteiger partial charge in [0, 0.05) is 19.0 Å². The van der Waals surface area contributed by atoms with Crippen molar-refractivity contribution in [3.63, 3.8) is 0 Å². The van der Waals surface area contributed by atoms with Crippen LogP contribution in [0.3, 0.4) is 0 Å². The van der Waals surface area contributed by atoms with E-state index in [2.05, 4.69) is 20.0 Å². The highest BCUT2D eigenvalue weighted by Crippen LogP contribution is 2.04. The van der Waals surface area contributed by atoms with E-state index in [9.17, 15) is 13.2 Å². The van der Waals surface area contributed by atoms with Crippen LogP contribution in [0.25, 0.3) is 0 Å². The molecule has 0 bridgehead atoms. The molecular weight excluding hydrogens is 268 g/mol. The molecule has 108 valence electrons. The molecule has 7 nitrogen and oxygen atoms in total. The van der Waals surface area contributed by atoms with Gasteiger partial charge >= 0.3 is 0 Å². The number of H-pyrrole nitrogens is 1. The van der Waals surface area contributed by atoms with Crippen molar-refractivity contribution in [2.75, 3.05) is 6.54 Å². The van der Waals surface area contributed by atoms with E-state index in [1.807, 2.05) is 13.8 Å². The molecule has 1 amide bonds. The average molecular weight is 288 g/mol. The third kappa shape index (κ3) is 4.99. The molecule has 1 rings (SSSR count). The van der Waals surface area contributed by atoms with Crippen LogP contribution in [-0.4, -0.2) is 36.9 Å². The standard InChI is InChI=1S/C11H20N4O3S/c1-4-8(2)14-10(16)5-6-13-19(17,18)11-7-12-9(3)15-11/h7-8,13H,4-6H2,1-3H3,(H,12,15)(H,14,16). The van der Waals surface area contributed by atoms with E-state index in [-0.39, 0.29) is 29.9 Å². The van der Waals surface area contributed by atoms with Crippen LogP contribution < -0.4 is 10.0 Å². The molecule has 1 atom stereocenters. The summed E-state index contributed by atoms with van der Waals surface area (Å²) in [5, 5.41) is 2.77. The van der Waals surface area contributed by atoms with Crippen molar-refractivity contribution >= 4 is 15.9 Å². The molecule has 1 aromatic heterocycles. The number of amides is 1. The molecule has 0 spiro atoms. The third-order valence-electron chi connectivity index (χ3n) is 2.63. The first-order valence-electron chi connectivity index (χ1n) is 6.15. The third-order valence-corrected chi connectivity index (χ3v) is 4.00. The highest BCUT2D eigenvalue weighted by Gasteiger charge is 2.16. The number of sulfonamides is 1. The largest absolute Gasteiger partial charge is 0.354 e. The van der Waals surface area contributed by atoms with E-state index in [1.54, 1.807) is 6.92 Å². The van der Waals surface area contributed by atoms with E-state index in [0.717, 1.165) is 6.42 Å². The zero-order chi connectivity index (χ0) is 14.5. The molecule has 3 N–H and O–H groups in total. The number of hydrogen-bond acceptors (Lipinski definition) is 4. The van der Waals surface area contributed by atoms with Gasteiger partial charge in [-0.05, 0) is 20.3 Å². The van der Waals surface area contributed by atoms with Crippen LogP contribution in [0.1, 0.15) is 32.5 Å². The van der Waals surface area contributed by atoms with Crippen LogP contribution in [0.2, 0.25) is 0 Å². The van der Waals surface area contributed by atoms with Gasteiger partial charge in [0.15, 0.2) is 5.03 Å². The van der Waals surface area contributed by atoms with Gasteiger partial charge in [-0.2, -0.15) is 0 Å². The second-order valence-electron chi connectivity index (χ2n) is 4.36. The Bertz CT molecular complexity index is 524. The first-order valence-corrected chi connectivity index (χ1v) is 7.64. The molecule has 0 aliphatic carbocycles. The molecule has 0 aliphatic rings. The number of nitrogens with one attached hydrogen (secondary N) is 3. The molecule has 8 heteroatoms. The molecular formula is C11H20N4O3S. The highest BCUT2D eigenvalue weighted by molar-refractivity contribution is 7.89. The predicted octanol–water partition coefficient (Wildman–Crippen LogP) is 0.301. The number of hydrogen-bond donors (Lipinski definition) is 3. The van der Waals surface area contributed by atoms with Crippen LogP contribution >= 0.6 is 0 Å². The number of rotatable bonds is 7. The molecule has 0 fully saturated rings. The molecule has 0 radical (unpaired) electrons. The van der Waals surface area contributed by atoms with E-state index in [1.165, 1.54) is 6.20 Å². The van der Waals surface area contributed by atoms with Crippen molar-refractivity contribution in [3.8, 4) is 0 Å². The Morgan fingerprint density at radius 2 is 2.21 bits per heavy atom. The molecule has 1 unspecified atom stereocenters. The van der Waals surface area contributed by atoms with Gasteiger partial charge < -0.3 is 10.3 Å². The Morgan fingerprint density at radius 1 is 1.53 bits per heavy atom. The van der Waals surface area contributed by atoms with Crippen molar-refractivity contribution in [1.29, 1.82) is 0 Å². The minimum absolute atomic E-state index is 0.00679. The topological polar surface area (TPSA) is 104 Å². The Labute approximate surface area is 113 Å². The zero-order valence-corrected chi connectivity index (χ0v) is 12.2. The molecule has 19 heavy (non-hydrogen) atoms. The van der Waals surface area contributed by atoms with Gasteiger partial charge in [0.25, 0.3) is 10.0 Å². The van der Waals surface area contributed by atoms with Gasteiger partial charge in [-0.15, -0.1) is 0 Å². The molecule has 1 aromatic rings. The smallest absolute Gasteiger partial charge is 0.257 e. The van der Waals surface area contributed by atoms with Gasteiger partial charge in [-0.1, -0.05) is 6.92 Å². The van der Waals surface area contributed by atoms with E-state index >= 15 is 0 Å². The summed E-state index contributed by atoms with van der Waals surface area (Å²) in [4.78, 5) is 17.9. The molecule has 0 aliphatic heterocycles. The summed E-state index contributed by atoms with van der Waals surface area (Å²) in [5.74, 6) is 0.354. The van der Waals surface area contributed by atoms with Crippen molar-refractivity contribution < 1.29 is 13.2 Å². The maximum Gasteiger partial charge on any atom is 0.257 e. The fraction of sp³-hybridized carbons (Fsp3) is 0.636. The maximum absolute atomic E-state index is 11.8. The normalized spacial score (nSPS) is 13.2. The van der Waals surface area contributed by atoms with Crippen LogP contribution in [0.4, 0.5) is 0 Å². The lowest BCUT2D eigenvalue weighted by molar-refractivity contribution is -0.121. The quantitative estimate of drug-likeness (QED) is 0.671. The predicted molar refractivity (Wildman–Crippen MR) is 71.0 cm³/mol. The van der Waals surface area contributed by atoms with Crippen LogP contribution in [0, 0.1) is 6.92 Å². The van der Waals surface area contributed by atoms with Gasteiger partial charge in [-0.25, -0.2) is 18.1 Å². The second-order valence-corrected chi connectivity index (χ2v) is 6.09. The Hall–Kier alpha value is -1.41. The monoisotopic (exact) mass is 288 g/mol. The second kappa shape index (κ2) is 6.67. The first-order chi connectivity index (χ1) is 8.85. The average Bonchev–Trinajstić information content (AvgIpc) is 2.76. The van der Waals surface area contributed by atoms with Gasteiger partial charge in [-0.3, -0.25) is 4.79 Å². The number of aromatic amines is 1. The summed E-state index contributed by atoms with van der Waals surface area (Å²) < 4.78 is 25.9. The lowest BCUT2D eigenvalue weighted by Crippen LogP contribution is -2.35. The van der Waals surface area contributed by atoms with E-state index in [0.29, 0.717) is 5.82 Å². The van der Waals surface area contributed by atoms with E-state index < -0.39 is 10.0 Å². The van der Waals surface area contributed by atoms with Gasteiger partial charge in [0.1, 0.15) is 5.82 Å². The Kier molecular flexibility index (Phi) is 5.49. The van der Waals surface area contributed by atoms with Crippen LogP contribution in [-0.2, 0) is 14.8 Å². The van der Waals surface area contributed by atoms with Gasteiger partial charge in [0.2, 0.25) is 5.91 Å². The zero-order valence-electron chi connectivity index (χ0n) is 11.4. The minimum atomic E-state index is -3.62. The Morgan fingerprint density at radius 3 is 2.74 bits per heavy atom. The summed E-state index contributed by atoms with van der Waals surface area (Å²) in [6, 6.07) is 0.0966. The minimum Gasteiger partial charge on any atom is -0.354 e. The number of carbonyl (C=O) groups excluding carboxylic acids is 1. The number of carbonyl (C=O) groups is 1. The lowest BCUT2D eigenvalue weighted by Gasteiger charge is -2.11. The summed E-state index contributed by atoms with van der Waals surface area (Å²) in [7, 11) is -3.62. The number of aromatic nitrogens is 2. The molecule has 0 aromatic carbocycles. The Balaban J connectivity index is 2.42. The summed E-state index contributed by atoms with van der Waals surface area (Å²) >= 11 is 0. The van der Waals surface area contributed by atoms with Gasteiger partial charge in [0.05, 0.1) is 6.20 Å². The maximum atomic E-state index is 11.8. The number of nitrogens with zero attached hydrogens (tertiary/aromatic N) is 1. The van der Waals surface area contributed by atoms with Crippen molar-refractivity contribution in [1.82, 2.24) is 20.0 Å². The molecule has 0 saturated heterocycles. The lowest BCUT2D eigenvalue weighted by atomic mass is 10.2. The molecule has 0 saturated carbocycles. The number of aryl methyl sites for hydroxylation is 1. The highest BCUT2D eigenvalue weighted by atomic mass is 32.2. The fourth-order valence-corrected chi connectivity index (χ4v) is 2.36. The summed E-state index contributed by atoms with van der Waals surface area (Å²) in [6.07, 6.45) is 2.19. The summed E-state index contributed by atoms with van der Waals surface area (Å²) in [6.45, 7) is 5.59. The van der Waals surface area contributed by atoms with Crippen molar-refractivity contribution in [2.45, 2.75) is 44.7 Å². The first kappa shape index (κ1) is 15.6. The van der Waals surface area contributed by atoms with E-state index in [4.69, 9.17) is 0 Å². The number of imidazole rings is 1. The summed E-state index contributed by atoms with van der Waals surface area (Å²) in [5.41, 5.74) is 0. The van der Waals surface area contributed by atoms with Crippen LogP contribution in [0.15, 0.2) is 11.2 Å². The molecule has 1 heterocycles. The van der Waals surface area contributed by atoms with Crippen molar-refractivity contribution in [3.05, 3.63) is 12.0 Å².